The van der Waals surface area contributed by atoms with E-state index >= 15 is 0 Å². The average Bonchev–Trinajstić information content (AvgIpc) is 2.48. The van der Waals surface area contributed by atoms with Gasteiger partial charge >= 0.3 is 0 Å². The van der Waals surface area contributed by atoms with Crippen LogP contribution in [0.2, 0.25) is 0 Å². The maximum absolute atomic E-state index is 12.4. The number of rotatable bonds is 4. The van der Waals surface area contributed by atoms with Gasteiger partial charge in [0.2, 0.25) is 5.91 Å². The van der Waals surface area contributed by atoms with Gasteiger partial charge in [0.25, 0.3) is 10.0 Å². The molecule has 0 aromatic heterocycles. The number of carbonyl (C=O) groups is 1. The predicted molar refractivity (Wildman–Crippen MR) is 81.1 cm³/mol. The monoisotopic (exact) mass is 310 g/mol. The molecule has 0 bridgehead atoms. The lowest BCUT2D eigenvalue weighted by atomic mass is 9.74. The molecule has 116 valence electrons. The van der Waals surface area contributed by atoms with Gasteiger partial charge in [0.1, 0.15) is 0 Å². The van der Waals surface area contributed by atoms with Gasteiger partial charge in [0, 0.05) is 5.41 Å². The number of sulfonamides is 1. The Labute approximate surface area is 126 Å². The lowest BCUT2D eigenvalue weighted by Gasteiger charge is -2.35. The van der Waals surface area contributed by atoms with Crippen LogP contribution in [0, 0.1) is 11.3 Å². The smallest absolute Gasteiger partial charge is 0.264 e. The fourth-order valence-corrected chi connectivity index (χ4v) is 3.71. The Kier molecular flexibility index (Phi) is 4.68. The maximum atomic E-state index is 12.4. The van der Waals surface area contributed by atoms with E-state index in [1.54, 1.807) is 32.0 Å². The van der Waals surface area contributed by atoms with E-state index in [2.05, 4.69) is 10.0 Å². The minimum Gasteiger partial charge on any atom is -0.316 e. The van der Waals surface area contributed by atoms with Crippen LogP contribution >= 0.6 is 0 Å². The van der Waals surface area contributed by atoms with E-state index < -0.39 is 21.3 Å². The molecule has 1 aliphatic rings. The lowest BCUT2D eigenvalue weighted by Crippen LogP contribution is -2.48. The Hall–Kier alpha value is -1.40. The molecule has 0 spiro atoms. The van der Waals surface area contributed by atoms with Crippen LogP contribution in [0.25, 0.3) is 0 Å². The van der Waals surface area contributed by atoms with E-state index in [4.69, 9.17) is 0 Å². The van der Waals surface area contributed by atoms with E-state index in [0.29, 0.717) is 0 Å². The Morgan fingerprint density at radius 2 is 1.95 bits per heavy atom. The Bertz CT molecular complexity index is 591. The van der Waals surface area contributed by atoms with Crippen LogP contribution < -0.4 is 10.0 Å². The van der Waals surface area contributed by atoms with Crippen molar-refractivity contribution in [1.82, 2.24) is 10.0 Å². The third-order valence-electron chi connectivity index (χ3n) is 4.18. The lowest BCUT2D eigenvalue weighted by molar-refractivity contribution is -0.130. The summed E-state index contributed by atoms with van der Waals surface area (Å²) >= 11 is 0. The number of amides is 1. The molecule has 5 nitrogen and oxygen atoms in total. The highest BCUT2D eigenvalue weighted by molar-refractivity contribution is 7.90. The van der Waals surface area contributed by atoms with Crippen LogP contribution in [-0.2, 0) is 14.8 Å². The van der Waals surface area contributed by atoms with Gasteiger partial charge in [0.15, 0.2) is 0 Å². The van der Waals surface area contributed by atoms with Crippen molar-refractivity contribution in [2.45, 2.75) is 31.6 Å². The first-order valence-corrected chi connectivity index (χ1v) is 8.65. The molecule has 1 aromatic carbocycles. The molecule has 1 fully saturated rings. The first kappa shape index (κ1) is 16.0. The SMILES string of the molecule is CC(C)(C(=O)NS(=O)(=O)c1ccccc1)C1CCCNC1. The number of carbonyl (C=O) groups excluding carboxylic acids is 1. The standard InChI is InChI=1S/C15H22N2O3S/c1-15(2,12-7-6-10-16-11-12)14(18)17-21(19,20)13-8-4-3-5-9-13/h3-5,8-9,12,16H,6-7,10-11H2,1-2H3,(H,17,18). The van der Waals surface area contributed by atoms with Gasteiger partial charge in [-0.2, -0.15) is 0 Å². The van der Waals surface area contributed by atoms with Crippen molar-refractivity contribution < 1.29 is 13.2 Å². The van der Waals surface area contributed by atoms with Gasteiger partial charge in [0.05, 0.1) is 4.90 Å². The number of hydrogen-bond donors (Lipinski definition) is 2. The molecule has 0 radical (unpaired) electrons. The molecule has 21 heavy (non-hydrogen) atoms. The predicted octanol–water partition coefficient (Wildman–Crippen LogP) is 1.52. The van der Waals surface area contributed by atoms with Crippen molar-refractivity contribution in [3.63, 3.8) is 0 Å². The summed E-state index contributed by atoms with van der Waals surface area (Å²) < 4.78 is 26.7. The summed E-state index contributed by atoms with van der Waals surface area (Å²) in [6.07, 6.45) is 1.94. The number of hydrogen-bond acceptors (Lipinski definition) is 4. The zero-order valence-electron chi connectivity index (χ0n) is 12.4. The zero-order valence-corrected chi connectivity index (χ0v) is 13.2. The van der Waals surface area contributed by atoms with Crippen LogP contribution in [0.15, 0.2) is 35.2 Å². The zero-order chi connectivity index (χ0) is 15.5. The van der Waals surface area contributed by atoms with Crippen molar-refractivity contribution in [3.05, 3.63) is 30.3 Å². The highest BCUT2D eigenvalue weighted by atomic mass is 32.2. The maximum Gasteiger partial charge on any atom is 0.264 e. The van der Waals surface area contributed by atoms with Gasteiger partial charge < -0.3 is 5.32 Å². The fraction of sp³-hybridized carbons (Fsp3) is 0.533. The molecule has 6 heteroatoms. The number of nitrogens with one attached hydrogen (secondary N) is 2. The third-order valence-corrected chi connectivity index (χ3v) is 5.53. The van der Waals surface area contributed by atoms with Crippen LogP contribution in [0.1, 0.15) is 26.7 Å². The first-order chi connectivity index (χ1) is 9.84. The van der Waals surface area contributed by atoms with Crippen LogP contribution in [0.4, 0.5) is 0 Å². The summed E-state index contributed by atoms with van der Waals surface area (Å²) in [4.78, 5) is 12.5. The molecule has 0 saturated carbocycles. The third kappa shape index (κ3) is 3.63. The van der Waals surface area contributed by atoms with Crippen molar-refractivity contribution in [2.75, 3.05) is 13.1 Å². The molecule has 1 amide bonds. The highest BCUT2D eigenvalue weighted by Crippen LogP contribution is 2.32. The average molecular weight is 310 g/mol. The van der Waals surface area contributed by atoms with Crippen molar-refractivity contribution in [1.29, 1.82) is 0 Å². The quantitative estimate of drug-likeness (QED) is 0.884. The fourth-order valence-electron chi connectivity index (χ4n) is 2.57. The largest absolute Gasteiger partial charge is 0.316 e. The summed E-state index contributed by atoms with van der Waals surface area (Å²) in [6, 6.07) is 7.96. The minimum absolute atomic E-state index is 0.107. The second-order valence-corrected chi connectivity index (χ2v) is 7.70. The summed E-state index contributed by atoms with van der Waals surface area (Å²) in [5.41, 5.74) is -0.727. The molecule has 1 saturated heterocycles. The summed E-state index contributed by atoms with van der Waals surface area (Å²) in [5.74, 6) is -0.308. The van der Waals surface area contributed by atoms with Crippen LogP contribution in [-0.4, -0.2) is 27.4 Å². The minimum atomic E-state index is -3.80. The molecule has 1 aromatic rings. The van der Waals surface area contributed by atoms with E-state index in [1.165, 1.54) is 12.1 Å². The van der Waals surface area contributed by atoms with Gasteiger partial charge in [-0.05, 0) is 44.0 Å². The van der Waals surface area contributed by atoms with Crippen molar-refractivity contribution >= 4 is 15.9 Å². The molecule has 0 aliphatic carbocycles. The van der Waals surface area contributed by atoms with E-state index in [0.717, 1.165) is 25.9 Å². The van der Waals surface area contributed by atoms with Gasteiger partial charge in [-0.15, -0.1) is 0 Å². The van der Waals surface area contributed by atoms with Crippen molar-refractivity contribution in [2.24, 2.45) is 11.3 Å². The molecule has 2 N–H and O–H groups in total. The van der Waals surface area contributed by atoms with Crippen molar-refractivity contribution in [3.8, 4) is 0 Å². The molecule has 1 unspecified atom stereocenters. The molecule has 1 heterocycles. The molecular formula is C15H22N2O3S. The Morgan fingerprint density at radius 3 is 2.52 bits per heavy atom. The summed E-state index contributed by atoms with van der Waals surface area (Å²) in [6.45, 7) is 5.31. The van der Waals surface area contributed by atoms with Gasteiger partial charge in [-0.25, -0.2) is 13.1 Å². The van der Waals surface area contributed by atoms with E-state index in [-0.39, 0.29) is 10.8 Å². The van der Waals surface area contributed by atoms with Crippen LogP contribution in [0.3, 0.4) is 0 Å². The second-order valence-electron chi connectivity index (χ2n) is 6.01. The molecule has 2 rings (SSSR count). The van der Waals surface area contributed by atoms with Crippen LogP contribution in [0.5, 0.6) is 0 Å². The highest BCUT2D eigenvalue weighted by Gasteiger charge is 2.39. The number of benzene rings is 1. The normalized spacial score (nSPS) is 20.0. The van der Waals surface area contributed by atoms with E-state index in [1.807, 2.05) is 0 Å². The Balaban J connectivity index is 2.13. The van der Waals surface area contributed by atoms with Gasteiger partial charge in [-0.3, -0.25) is 4.79 Å². The second kappa shape index (κ2) is 6.15. The number of piperidine rings is 1. The molecular weight excluding hydrogens is 288 g/mol. The first-order valence-electron chi connectivity index (χ1n) is 7.17. The molecule has 1 atom stereocenters. The van der Waals surface area contributed by atoms with E-state index in [9.17, 15) is 13.2 Å². The van der Waals surface area contributed by atoms with Gasteiger partial charge in [-0.1, -0.05) is 32.0 Å². The summed E-state index contributed by atoms with van der Waals surface area (Å²) in [7, 11) is -3.80. The molecule has 1 aliphatic heterocycles. The Morgan fingerprint density at radius 1 is 1.29 bits per heavy atom. The summed E-state index contributed by atoms with van der Waals surface area (Å²) in [5, 5.41) is 3.26. The topological polar surface area (TPSA) is 75.3 Å².